The first-order chi connectivity index (χ1) is 26.9. The molecule has 2 aliphatic rings. The van der Waals surface area contributed by atoms with Crippen molar-refractivity contribution in [1.29, 1.82) is 0 Å². The maximum atomic E-state index is 13.9. The van der Waals surface area contributed by atoms with Crippen molar-refractivity contribution in [2.45, 2.75) is 50.4 Å². The second kappa shape index (κ2) is 15.7. The number of H-pyrrole nitrogens is 2. The number of nitrogens with one attached hydrogen (secondary N) is 3. The van der Waals surface area contributed by atoms with Crippen molar-refractivity contribution in [1.82, 2.24) is 40.0 Å². The highest BCUT2D eigenvalue weighted by atomic mass is 16.6. The van der Waals surface area contributed by atoms with Gasteiger partial charge in [-0.3, -0.25) is 9.69 Å². The number of rotatable bonds is 10. The van der Waals surface area contributed by atoms with Gasteiger partial charge < -0.3 is 34.1 Å². The number of imidazole rings is 2. The van der Waals surface area contributed by atoms with Crippen LogP contribution in [0.1, 0.15) is 66.6 Å². The number of amides is 3. The molecule has 55 heavy (non-hydrogen) atoms. The van der Waals surface area contributed by atoms with Gasteiger partial charge in [0.25, 0.3) is 5.91 Å². The van der Waals surface area contributed by atoms with Crippen molar-refractivity contribution in [3.05, 3.63) is 126 Å². The van der Waals surface area contributed by atoms with Gasteiger partial charge in [0.2, 0.25) is 5.89 Å². The number of carbonyl (C=O) groups is 3. The van der Waals surface area contributed by atoms with E-state index < -0.39 is 12.1 Å². The number of aromatic amines is 2. The number of ether oxygens (including phenoxy) is 2. The Morgan fingerprint density at radius 1 is 0.818 bits per heavy atom. The van der Waals surface area contributed by atoms with E-state index >= 15 is 0 Å². The Morgan fingerprint density at radius 2 is 1.44 bits per heavy atom. The number of hydrogen-bond donors (Lipinski definition) is 3. The maximum Gasteiger partial charge on any atom is 0.410 e. The summed E-state index contributed by atoms with van der Waals surface area (Å²) in [5.41, 5.74) is 4.60. The summed E-state index contributed by atoms with van der Waals surface area (Å²) in [6.45, 7) is 1.35. The molecule has 5 heterocycles. The van der Waals surface area contributed by atoms with Crippen LogP contribution < -0.4 is 5.32 Å². The number of alkyl carbamates (subject to hydrolysis) is 1. The van der Waals surface area contributed by atoms with Crippen molar-refractivity contribution < 1.29 is 28.3 Å². The number of likely N-dealkylation sites (tertiary alicyclic amines) is 2. The van der Waals surface area contributed by atoms with Gasteiger partial charge in [0, 0.05) is 36.6 Å². The van der Waals surface area contributed by atoms with Crippen LogP contribution in [0.5, 0.6) is 0 Å². The minimum atomic E-state index is -0.887. The lowest BCUT2D eigenvalue weighted by Gasteiger charge is -2.28. The molecule has 0 aliphatic carbocycles. The molecule has 6 aromatic rings. The molecule has 3 aromatic carbocycles. The molecular formula is C41H40N8O6. The molecule has 280 valence electrons. The maximum absolute atomic E-state index is 13.9. The van der Waals surface area contributed by atoms with E-state index in [1.54, 1.807) is 22.2 Å². The molecule has 14 nitrogen and oxygen atoms in total. The van der Waals surface area contributed by atoms with Gasteiger partial charge in [-0.15, -0.1) is 0 Å². The molecule has 0 unspecified atom stereocenters. The van der Waals surface area contributed by atoms with Gasteiger partial charge in [-0.25, -0.2) is 24.5 Å². The predicted octanol–water partition coefficient (Wildman–Crippen LogP) is 7.36. The smallest absolute Gasteiger partial charge is 0.410 e. The molecule has 8 rings (SSSR count). The minimum absolute atomic E-state index is 0.214. The second-order valence-electron chi connectivity index (χ2n) is 13.5. The summed E-state index contributed by atoms with van der Waals surface area (Å²) in [6.07, 6.45) is 7.37. The number of oxazole rings is 1. The van der Waals surface area contributed by atoms with Gasteiger partial charge >= 0.3 is 12.2 Å². The lowest BCUT2D eigenvalue weighted by atomic mass is 10.1. The SMILES string of the molecule is COC(=O)N[C@@H](C(=O)N1CCC[C@H]1c1nc(-c2ccc(-c3cnc(-c4c[nH]c([C@@H]5CCCN5C(=O)OCc5ccccc5)n4)o3)cc2)c[nH]1)c1ccccc1. The van der Waals surface area contributed by atoms with Crippen molar-refractivity contribution >= 4 is 18.1 Å². The number of methoxy groups -OCH3 is 1. The highest BCUT2D eigenvalue weighted by Gasteiger charge is 2.37. The fourth-order valence-corrected chi connectivity index (χ4v) is 7.27. The summed E-state index contributed by atoms with van der Waals surface area (Å²) >= 11 is 0. The van der Waals surface area contributed by atoms with Crippen molar-refractivity contribution in [2.75, 3.05) is 20.2 Å². The molecule has 0 bridgehead atoms. The number of carbonyl (C=O) groups excluding carboxylic acids is 3. The molecule has 0 saturated carbocycles. The first-order valence-corrected chi connectivity index (χ1v) is 18.3. The van der Waals surface area contributed by atoms with Crippen LogP contribution in [0.25, 0.3) is 34.2 Å². The second-order valence-corrected chi connectivity index (χ2v) is 13.5. The van der Waals surface area contributed by atoms with Crippen LogP contribution in [0.15, 0.2) is 108 Å². The minimum Gasteiger partial charge on any atom is -0.453 e. The van der Waals surface area contributed by atoms with E-state index in [2.05, 4.69) is 20.3 Å². The Kier molecular flexibility index (Phi) is 10.1. The van der Waals surface area contributed by atoms with Gasteiger partial charge in [-0.1, -0.05) is 84.9 Å². The van der Waals surface area contributed by atoms with Crippen LogP contribution >= 0.6 is 0 Å². The molecular weight excluding hydrogens is 701 g/mol. The lowest BCUT2D eigenvalue weighted by molar-refractivity contribution is -0.134. The van der Waals surface area contributed by atoms with E-state index in [0.29, 0.717) is 47.6 Å². The molecule has 0 radical (unpaired) electrons. The van der Waals surface area contributed by atoms with Crippen LogP contribution in [0.3, 0.4) is 0 Å². The van der Waals surface area contributed by atoms with Gasteiger partial charge in [-0.2, -0.15) is 0 Å². The molecule has 0 spiro atoms. The Hall–Kier alpha value is -6.70. The van der Waals surface area contributed by atoms with Crippen LogP contribution in [0, 0.1) is 0 Å². The average Bonchev–Trinajstić information content (AvgIpc) is 4.08. The van der Waals surface area contributed by atoms with Gasteiger partial charge in [0.05, 0.1) is 31.1 Å². The van der Waals surface area contributed by atoms with E-state index in [-0.39, 0.29) is 30.7 Å². The normalized spacial score (nSPS) is 17.3. The number of nitrogens with zero attached hydrogens (tertiary/aromatic N) is 5. The summed E-state index contributed by atoms with van der Waals surface area (Å²) < 4.78 is 16.5. The van der Waals surface area contributed by atoms with Crippen LogP contribution in [-0.4, -0.2) is 73.0 Å². The predicted molar refractivity (Wildman–Crippen MR) is 201 cm³/mol. The van der Waals surface area contributed by atoms with Crippen LogP contribution in [0.2, 0.25) is 0 Å². The van der Waals surface area contributed by atoms with Crippen molar-refractivity contribution in [3.63, 3.8) is 0 Å². The monoisotopic (exact) mass is 740 g/mol. The molecule has 3 aromatic heterocycles. The summed E-state index contributed by atoms with van der Waals surface area (Å²) in [7, 11) is 1.28. The summed E-state index contributed by atoms with van der Waals surface area (Å²) in [6, 6.07) is 25.2. The van der Waals surface area contributed by atoms with E-state index in [0.717, 1.165) is 48.1 Å². The topological polar surface area (TPSA) is 172 Å². The quantitative estimate of drug-likeness (QED) is 0.130. The average molecular weight is 741 g/mol. The van der Waals surface area contributed by atoms with E-state index in [1.165, 1.54) is 7.11 Å². The third-order valence-electron chi connectivity index (χ3n) is 10.1. The summed E-state index contributed by atoms with van der Waals surface area (Å²) in [5, 5.41) is 2.70. The van der Waals surface area contributed by atoms with E-state index in [4.69, 9.17) is 23.9 Å². The number of hydrogen-bond acceptors (Lipinski definition) is 9. The van der Waals surface area contributed by atoms with Gasteiger partial charge in [0.1, 0.15) is 30.0 Å². The number of benzene rings is 3. The lowest BCUT2D eigenvalue weighted by Crippen LogP contribution is -2.42. The van der Waals surface area contributed by atoms with E-state index in [9.17, 15) is 14.4 Å². The standard InChI is InChI=1S/C41H40N8O6/c1-53-40(51)47-35(29-12-6-3-7-13-29)39(50)48-20-8-14-32(48)36-42-22-30(45-36)27-16-18-28(19-17-27)34-24-44-38(55-34)31-23-43-37(46-31)33-15-9-21-49(33)41(52)54-25-26-10-4-2-5-11-26/h2-7,10-13,16-19,22-24,32-33,35H,8-9,14-15,20-21,25H2,1H3,(H,42,45)(H,43,46)(H,47,51)/t32-,33-,35+/m0/s1. The molecule has 3 amide bonds. The molecule has 3 N–H and O–H groups in total. The van der Waals surface area contributed by atoms with Crippen molar-refractivity contribution in [3.8, 4) is 34.2 Å². The fraction of sp³-hybridized carbons (Fsp3) is 0.268. The zero-order valence-electron chi connectivity index (χ0n) is 30.2. The molecule has 14 heteroatoms. The fourth-order valence-electron chi connectivity index (χ4n) is 7.27. The summed E-state index contributed by atoms with van der Waals surface area (Å²) in [5.74, 6) is 2.05. The Bertz CT molecular complexity index is 2250. The Balaban J connectivity index is 0.919. The third-order valence-corrected chi connectivity index (χ3v) is 10.1. The first kappa shape index (κ1) is 35.3. The molecule has 2 fully saturated rings. The van der Waals surface area contributed by atoms with Crippen molar-refractivity contribution in [2.24, 2.45) is 0 Å². The molecule has 2 saturated heterocycles. The zero-order chi connectivity index (χ0) is 37.7. The van der Waals surface area contributed by atoms with E-state index in [1.807, 2.05) is 91.1 Å². The highest BCUT2D eigenvalue weighted by molar-refractivity contribution is 5.87. The van der Waals surface area contributed by atoms with Gasteiger partial charge in [0.15, 0.2) is 5.76 Å². The summed E-state index contributed by atoms with van der Waals surface area (Å²) in [4.78, 5) is 63.1. The largest absolute Gasteiger partial charge is 0.453 e. The van der Waals surface area contributed by atoms with Gasteiger partial charge in [-0.05, 0) is 36.8 Å². The molecule has 2 aliphatic heterocycles. The molecule has 3 atom stereocenters. The number of aromatic nitrogens is 5. The first-order valence-electron chi connectivity index (χ1n) is 18.3. The zero-order valence-corrected chi connectivity index (χ0v) is 30.2. The Morgan fingerprint density at radius 3 is 2.15 bits per heavy atom. The van der Waals surface area contributed by atoms with Crippen LogP contribution in [0.4, 0.5) is 9.59 Å². The third kappa shape index (κ3) is 7.56. The Labute approximate surface area is 316 Å². The van der Waals surface area contributed by atoms with Crippen LogP contribution in [-0.2, 0) is 20.9 Å². The highest BCUT2D eigenvalue weighted by Crippen LogP contribution is 2.36.